The first kappa shape index (κ1) is 18.5. The summed E-state index contributed by atoms with van der Waals surface area (Å²) < 4.78 is 0. The number of nitrogens with zero attached hydrogens (tertiary/aromatic N) is 1. The summed E-state index contributed by atoms with van der Waals surface area (Å²) in [5.41, 5.74) is 0.912. The van der Waals surface area contributed by atoms with Crippen LogP contribution in [-0.2, 0) is 16.0 Å². The summed E-state index contributed by atoms with van der Waals surface area (Å²) in [6.45, 7) is 6.41. The number of aliphatic carboxylic acids is 1. The number of carbonyl (C=O) groups is 2. The number of piperidine rings is 1. The number of rotatable bonds is 7. The fraction of sp³-hybridized carbons (Fsp3) is 0.579. The van der Waals surface area contributed by atoms with Gasteiger partial charge in [0.1, 0.15) is 6.04 Å². The number of carbonyl (C=O) groups excluding carboxylic acids is 1. The SMILES string of the molecule is CC(C)N1CCC(CC(=O)N[C@@H](Cc2ccccc2)C(=O)O)CC1. The Labute approximate surface area is 144 Å². The minimum atomic E-state index is -0.984. The van der Waals surface area contributed by atoms with Crippen LogP contribution >= 0.6 is 0 Å². The molecule has 0 radical (unpaired) electrons. The van der Waals surface area contributed by atoms with Gasteiger partial charge in [-0.3, -0.25) is 4.79 Å². The highest BCUT2D eigenvalue weighted by atomic mass is 16.4. The average Bonchev–Trinajstić information content (AvgIpc) is 2.55. The smallest absolute Gasteiger partial charge is 0.326 e. The minimum absolute atomic E-state index is 0.152. The maximum Gasteiger partial charge on any atom is 0.326 e. The van der Waals surface area contributed by atoms with Crippen molar-refractivity contribution in [3.63, 3.8) is 0 Å². The van der Waals surface area contributed by atoms with Crippen molar-refractivity contribution in [1.82, 2.24) is 10.2 Å². The lowest BCUT2D eigenvalue weighted by Crippen LogP contribution is -2.44. The number of likely N-dealkylation sites (tertiary alicyclic amines) is 1. The van der Waals surface area contributed by atoms with E-state index in [1.807, 2.05) is 30.3 Å². The summed E-state index contributed by atoms with van der Waals surface area (Å²) in [5.74, 6) is -0.783. The fourth-order valence-corrected chi connectivity index (χ4v) is 3.24. The Balaban J connectivity index is 1.82. The summed E-state index contributed by atoms with van der Waals surface area (Å²) in [6, 6.07) is 9.07. The van der Waals surface area contributed by atoms with Crippen LogP contribution in [0.3, 0.4) is 0 Å². The summed E-state index contributed by atoms with van der Waals surface area (Å²) in [5, 5.41) is 12.1. The number of amides is 1. The van der Waals surface area contributed by atoms with E-state index in [1.165, 1.54) is 0 Å². The molecule has 0 aliphatic carbocycles. The molecule has 1 amide bonds. The molecule has 1 saturated heterocycles. The molecule has 1 fully saturated rings. The van der Waals surface area contributed by atoms with Crippen molar-refractivity contribution >= 4 is 11.9 Å². The molecular weight excluding hydrogens is 304 g/mol. The molecule has 1 atom stereocenters. The second-order valence-electron chi connectivity index (χ2n) is 6.93. The van der Waals surface area contributed by atoms with Crippen LogP contribution in [0, 0.1) is 5.92 Å². The monoisotopic (exact) mass is 332 g/mol. The van der Waals surface area contributed by atoms with Crippen LogP contribution in [-0.4, -0.2) is 47.1 Å². The normalized spacial score (nSPS) is 17.6. The number of carboxylic acid groups (broad SMARTS) is 1. The molecule has 5 heteroatoms. The maximum atomic E-state index is 12.2. The first-order chi connectivity index (χ1) is 11.5. The Morgan fingerprint density at radius 2 is 1.83 bits per heavy atom. The van der Waals surface area contributed by atoms with E-state index in [2.05, 4.69) is 24.1 Å². The number of benzene rings is 1. The maximum absolute atomic E-state index is 12.2. The molecule has 2 rings (SSSR count). The van der Waals surface area contributed by atoms with Crippen molar-refractivity contribution in [3.8, 4) is 0 Å². The molecule has 1 aromatic rings. The van der Waals surface area contributed by atoms with E-state index >= 15 is 0 Å². The zero-order valence-electron chi connectivity index (χ0n) is 14.6. The lowest BCUT2D eigenvalue weighted by Gasteiger charge is -2.34. The van der Waals surface area contributed by atoms with Gasteiger partial charge in [-0.2, -0.15) is 0 Å². The second kappa shape index (κ2) is 8.83. The van der Waals surface area contributed by atoms with E-state index in [1.54, 1.807) is 0 Å². The first-order valence-electron chi connectivity index (χ1n) is 8.76. The topological polar surface area (TPSA) is 69.6 Å². The Morgan fingerprint density at radius 1 is 1.21 bits per heavy atom. The predicted octanol–water partition coefficient (Wildman–Crippen LogP) is 2.31. The lowest BCUT2D eigenvalue weighted by atomic mass is 9.92. The minimum Gasteiger partial charge on any atom is -0.480 e. The summed E-state index contributed by atoms with van der Waals surface area (Å²) in [7, 11) is 0. The van der Waals surface area contributed by atoms with Gasteiger partial charge in [0.15, 0.2) is 0 Å². The first-order valence-corrected chi connectivity index (χ1v) is 8.76. The van der Waals surface area contributed by atoms with Crippen molar-refractivity contribution in [2.24, 2.45) is 5.92 Å². The molecule has 0 saturated carbocycles. The molecule has 1 heterocycles. The van der Waals surface area contributed by atoms with Crippen LogP contribution in [0.5, 0.6) is 0 Å². The quantitative estimate of drug-likeness (QED) is 0.804. The predicted molar refractivity (Wildman–Crippen MR) is 93.8 cm³/mol. The van der Waals surface area contributed by atoms with Crippen molar-refractivity contribution in [1.29, 1.82) is 0 Å². The molecule has 24 heavy (non-hydrogen) atoms. The highest BCUT2D eigenvalue weighted by Gasteiger charge is 2.25. The van der Waals surface area contributed by atoms with Crippen molar-refractivity contribution in [2.45, 2.75) is 51.6 Å². The van der Waals surface area contributed by atoms with Crippen LogP contribution in [0.1, 0.15) is 38.7 Å². The third-order valence-electron chi connectivity index (χ3n) is 4.77. The number of hydrogen-bond donors (Lipinski definition) is 2. The molecule has 0 unspecified atom stereocenters. The van der Waals surface area contributed by atoms with Gasteiger partial charge in [0.05, 0.1) is 0 Å². The highest BCUT2D eigenvalue weighted by Crippen LogP contribution is 2.21. The van der Waals surface area contributed by atoms with Gasteiger partial charge >= 0.3 is 5.97 Å². The Kier molecular flexibility index (Phi) is 6.79. The van der Waals surface area contributed by atoms with Crippen LogP contribution in [0.2, 0.25) is 0 Å². The number of nitrogens with one attached hydrogen (secondary N) is 1. The summed E-state index contributed by atoms with van der Waals surface area (Å²) >= 11 is 0. The van der Waals surface area contributed by atoms with Gasteiger partial charge in [0.2, 0.25) is 5.91 Å². The lowest BCUT2D eigenvalue weighted by molar-refractivity contribution is -0.142. The van der Waals surface area contributed by atoms with E-state index in [-0.39, 0.29) is 5.91 Å². The Bertz CT molecular complexity index is 537. The van der Waals surface area contributed by atoms with Crippen LogP contribution in [0.15, 0.2) is 30.3 Å². The molecule has 0 spiro atoms. The summed E-state index contributed by atoms with van der Waals surface area (Å²) in [6.07, 6.45) is 2.74. The zero-order valence-corrected chi connectivity index (χ0v) is 14.6. The Hall–Kier alpha value is -1.88. The second-order valence-corrected chi connectivity index (χ2v) is 6.93. The number of carboxylic acids is 1. The number of hydrogen-bond acceptors (Lipinski definition) is 3. The highest BCUT2D eigenvalue weighted by molar-refractivity contribution is 5.83. The van der Waals surface area contributed by atoms with Gasteiger partial charge < -0.3 is 15.3 Å². The molecule has 1 aromatic carbocycles. The third kappa shape index (κ3) is 5.64. The van der Waals surface area contributed by atoms with Crippen LogP contribution in [0.25, 0.3) is 0 Å². The van der Waals surface area contributed by atoms with E-state index in [9.17, 15) is 14.7 Å². The van der Waals surface area contributed by atoms with Gasteiger partial charge in [-0.15, -0.1) is 0 Å². The molecule has 2 N–H and O–H groups in total. The van der Waals surface area contributed by atoms with Crippen molar-refractivity contribution < 1.29 is 14.7 Å². The standard InChI is InChI=1S/C19H28N2O3/c1-14(2)21-10-8-16(9-11-21)13-18(22)20-17(19(23)24)12-15-6-4-3-5-7-15/h3-7,14,16-17H,8-13H2,1-2H3,(H,20,22)(H,23,24)/t17-/m0/s1. The molecule has 1 aliphatic heterocycles. The summed E-state index contributed by atoms with van der Waals surface area (Å²) in [4.78, 5) is 26.1. The van der Waals surface area contributed by atoms with Crippen LogP contribution < -0.4 is 5.32 Å². The van der Waals surface area contributed by atoms with E-state index < -0.39 is 12.0 Å². The van der Waals surface area contributed by atoms with Gasteiger partial charge in [-0.05, 0) is 51.3 Å². The van der Waals surface area contributed by atoms with E-state index in [0.29, 0.717) is 24.8 Å². The van der Waals surface area contributed by atoms with Gasteiger partial charge in [0, 0.05) is 18.9 Å². The van der Waals surface area contributed by atoms with Crippen molar-refractivity contribution in [3.05, 3.63) is 35.9 Å². The molecule has 0 bridgehead atoms. The Morgan fingerprint density at radius 3 is 2.38 bits per heavy atom. The average molecular weight is 332 g/mol. The van der Waals surface area contributed by atoms with Gasteiger partial charge in [-0.25, -0.2) is 4.79 Å². The molecule has 5 nitrogen and oxygen atoms in total. The van der Waals surface area contributed by atoms with Crippen molar-refractivity contribution in [2.75, 3.05) is 13.1 Å². The van der Waals surface area contributed by atoms with Crippen LogP contribution in [0.4, 0.5) is 0 Å². The van der Waals surface area contributed by atoms with Gasteiger partial charge in [0.25, 0.3) is 0 Å². The van der Waals surface area contributed by atoms with E-state index in [0.717, 1.165) is 31.5 Å². The fourth-order valence-electron chi connectivity index (χ4n) is 3.24. The van der Waals surface area contributed by atoms with E-state index in [4.69, 9.17) is 0 Å². The zero-order chi connectivity index (χ0) is 17.5. The largest absolute Gasteiger partial charge is 0.480 e. The molecule has 1 aliphatic rings. The molecule has 0 aromatic heterocycles. The molecular formula is C19H28N2O3. The molecule has 132 valence electrons. The van der Waals surface area contributed by atoms with Gasteiger partial charge in [-0.1, -0.05) is 30.3 Å². The third-order valence-corrected chi connectivity index (χ3v) is 4.77.